The number of rotatable bonds is 4. The molecule has 1 aromatic carbocycles. The second kappa shape index (κ2) is 5.48. The standard InChI is InChI=1S/C11H12ClF3N2O/c1-6-2-3-8(12)9(4-6)18-5-7(10(16)17)11(13,14)15/h2-4,7H,5H2,1H3,(H3,16,17). The van der Waals surface area contributed by atoms with Gasteiger partial charge in [-0.2, -0.15) is 13.2 Å². The van der Waals surface area contributed by atoms with Crippen LogP contribution in [0.5, 0.6) is 5.75 Å². The van der Waals surface area contributed by atoms with Gasteiger partial charge in [-0.05, 0) is 24.6 Å². The van der Waals surface area contributed by atoms with Crippen molar-refractivity contribution in [3.8, 4) is 5.75 Å². The number of halogens is 4. The number of benzene rings is 1. The lowest BCUT2D eigenvalue weighted by molar-refractivity contribution is -0.162. The fourth-order valence-corrected chi connectivity index (χ4v) is 1.43. The molecular formula is C11H12ClF3N2O. The number of nitrogens with one attached hydrogen (secondary N) is 1. The van der Waals surface area contributed by atoms with Gasteiger partial charge in [0.1, 0.15) is 24.1 Å². The monoisotopic (exact) mass is 280 g/mol. The Morgan fingerprint density at radius 1 is 1.50 bits per heavy atom. The molecule has 0 saturated heterocycles. The fraction of sp³-hybridized carbons (Fsp3) is 0.364. The summed E-state index contributed by atoms with van der Waals surface area (Å²) >= 11 is 5.78. The summed E-state index contributed by atoms with van der Waals surface area (Å²) in [6.07, 6.45) is -4.61. The number of nitrogens with two attached hydrogens (primary N) is 1. The minimum atomic E-state index is -4.61. The van der Waals surface area contributed by atoms with Crippen molar-refractivity contribution in [2.75, 3.05) is 6.61 Å². The van der Waals surface area contributed by atoms with E-state index in [-0.39, 0.29) is 10.8 Å². The van der Waals surface area contributed by atoms with Crippen LogP contribution >= 0.6 is 11.6 Å². The van der Waals surface area contributed by atoms with Crippen molar-refractivity contribution < 1.29 is 17.9 Å². The first-order valence-corrected chi connectivity index (χ1v) is 5.39. The summed E-state index contributed by atoms with van der Waals surface area (Å²) in [6.45, 7) is 0.997. The predicted octanol–water partition coefficient (Wildman–Crippen LogP) is 3.14. The Kier molecular flexibility index (Phi) is 4.45. The Hall–Kier alpha value is -1.43. The van der Waals surface area contributed by atoms with Crippen molar-refractivity contribution in [1.29, 1.82) is 5.41 Å². The highest BCUT2D eigenvalue weighted by Gasteiger charge is 2.42. The summed E-state index contributed by atoms with van der Waals surface area (Å²) in [7, 11) is 0. The van der Waals surface area contributed by atoms with Gasteiger partial charge in [0.15, 0.2) is 0 Å². The molecule has 0 aliphatic rings. The summed E-state index contributed by atoms with van der Waals surface area (Å²) in [5, 5.41) is 7.13. The Morgan fingerprint density at radius 2 is 2.11 bits per heavy atom. The number of amidine groups is 1. The summed E-state index contributed by atoms with van der Waals surface area (Å²) < 4.78 is 42.6. The van der Waals surface area contributed by atoms with Crippen LogP contribution in [0.2, 0.25) is 5.02 Å². The van der Waals surface area contributed by atoms with Gasteiger partial charge >= 0.3 is 6.18 Å². The second-order valence-corrected chi connectivity index (χ2v) is 4.20. The molecular weight excluding hydrogens is 269 g/mol. The largest absolute Gasteiger partial charge is 0.491 e. The highest BCUT2D eigenvalue weighted by molar-refractivity contribution is 6.32. The van der Waals surface area contributed by atoms with Crippen molar-refractivity contribution in [1.82, 2.24) is 0 Å². The van der Waals surface area contributed by atoms with Gasteiger partial charge in [0, 0.05) is 0 Å². The second-order valence-electron chi connectivity index (χ2n) is 3.79. The van der Waals surface area contributed by atoms with Crippen LogP contribution in [0.3, 0.4) is 0 Å². The predicted molar refractivity (Wildman–Crippen MR) is 63.1 cm³/mol. The van der Waals surface area contributed by atoms with Gasteiger partial charge in [-0.15, -0.1) is 0 Å². The average molecular weight is 281 g/mol. The van der Waals surface area contributed by atoms with E-state index >= 15 is 0 Å². The van der Waals surface area contributed by atoms with Crippen LogP contribution in [0.15, 0.2) is 18.2 Å². The maximum Gasteiger partial charge on any atom is 0.401 e. The third-order valence-corrected chi connectivity index (χ3v) is 2.57. The van der Waals surface area contributed by atoms with Crippen molar-refractivity contribution in [2.45, 2.75) is 13.1 Å². The van der Waals surface area contributed by atoms with Gasteiger partial charge in [0.25, 0.3) is 0 Å². The van der Waals surface area contributed by atoms with Crippen molar-refractivity contribution in [2.24, 2.45) is 11.7 Å². The van der Waals surface area contributed by atoms with E-state index in [9.17, 15) is 13.2 Å². The van der Waals surface area contributed by atoms with Crippen LogP contribution in [0.25, 0.3) is 0 Å². The first kappa shape index (κ1) is 14.6. The van der Waals surface area contributed by atoms with Gasteiger partial charge in [-0.3, -0.25) is 5.41 Å². The number of aryl methyl sites for hydroxylation is 1. The van der Waals surface area contributed by atoms with Crippen LogP contribution in [0.1, 0.15) is 5.56 Å². The van der Waals surface area contributed by atoms with E-state index in [0.29, 0.717) is 0 Å². The Balaban J connectivity index is 2.79. The average Bonchev–Trinajstić information content (AvgIpc) is 2.20. The molecule has 0 spiro atoms. The molecule has 0 bridgehead atoms. The van der Waals surface area contributed by atoms with Crippen LogP contribution in [-0.4, -0.2) is 18.6 Å². The van der Waals surface area contributed by atoms with Crippen LogP contribution in [-0.2, 0) is 0 Å². The highest BCUT2D eigenvalue weighted by atomic mass is 35.5. The van der Waals surface area contributed by atoms with Crippen molar-refractivity contribution in [3.63, 3.8) is 0 Å². The van der Waals surface area contributed by atoms with E-state index in [0.717, 1.165) is 5.56 Å². The molecule has 100 valence electrons. The smallest absolute Gasteiger partial charge is 0.401 e. The third kappa shape index (κ3) is 3.80. The minimum Gasteiger partial charge on any atom is -0.491 e. The lowest BCUT2D eigenvalue weighted by atomic mass is 10.1. The Labute approximate surface area is 107 Å². The van der Waals surface area contributed by atoms with Crippen molar-refractivity contribution in [3.05, 3.63) is 28.8 Å². The zero-order valence-corrected chi connectivity index (χ0v) is 10.3. The number of alkyl halides is 3. The van der Waals surface area contributed by atoms with Gasteiger partial charge in [0.2, 0.25) is 0 Å². The first-order valence-electron chi connectivity index (χ1n) is 5.01. The molecule has 0 heterocycles. The van der Waals surface area contributed by atoms with Crippen LogP contribution in [0.4, 0.5) is 13.2 Å². The van der Waals surface area contributed by atoms with Crippen molar-refractivity contribution >= 4 is 17.4 Å². The van der Waals surface area contributed by atoms with E-state index in [1.54, 1.807) is 13.0 Å². The van der Waals surface area contributed by atoms with E-state index < -0.39 is 24.5 Å². The molecule has 0 fully saturated rings. The van der Waals surface area contributed by atoms with E-state index in [1.165, 1.54) is 12.1 Å². The molecule has 0 aliphatic heterocycles. The molecule has 0 saturated carbocycles. The van der Waals surface area contributed by atoms with Crippen LogP contribution < -0.4 is 10.5 Å². The highest BCUT2D eigenvalue weighted by Crippen LogP contribution is 2.29. The molecule has 0 amide bonds. The van der Waals surface area contributed by atoms with E-state index in [2.05, 4.69) is 0 Å². The molecule has 3 nitrogen and oxygen atoms in total. The fourth-order valence-electron chi connectivity index (χ4n) is 1.25. The normalized spacial score (nSPS) is 13.2. The zero-order valence-electron chi connectivity index (χ0n) is 9.51. The van der Waals surface area contributed by atoms with Gasteiger partial charge in [-0.25, -0.2) is 0 Å². The maximum absolute atomic E-state index is 12.5. The first-order chi connectivity index (χ1) is 8.21. The van der Waals surface area contributed by atoms with E-state index in [4.69, 9.17) is 27.5 Å². The molecule has 0 aromatic heterocycles. The number of ether oxygens (including phenoxy) is 1. The van der Waals surface area contributed by atoms with Gasteiger partial charge < -0.3 is 10.5 Å². The lowest BCUT2D eigenvalue weighted by Gasteiger charge is -2.19. The SMILES string of the molecule is Cc1ccc(Cl)c(OCC(C(=N)N)C(F)(F)F)c1. The maximum atomic E-state index is 12.5. The Bertz CT molecular complexity index is 448. The summed E-state index contributed by atoms with van der Waals surface area (Å²) in [6, 6.07) is 4.76. The summed E-state index contributed by atoms with van der Waals surface area (Å²) in [4.78, 5) is 0. The Morgan fingerprint density at radius 3 is 2.61 bits per heavy atom. The lowest BCUT2D eigenvalue weighted by Crippen LogP contribution is -2.39. The molecule has 1 unspecified atom stereocenters. The molecule has 1 aromatic rings. The number of hydrogen-bond acceptors (Lipinski definition) is 2. The van der Waals surface area contributed by atoms with E-state index in [1.807, 2.05) is 0 Å². The summed E-state index contributed by atoms with van der Waals surface area (Å²) in [5.74, 6) is -2.97. The third-order valence-electron chi connectivity index (χ3n) is 2.26. The van der Waals surface area contributed by atoms with Gasteiger partial charge in [0.05, 0.1) is 5.02 Å². The minimum absolute atomic E-state index is 0.146. The molecule has 3 N–H and O–H groups in total. The summed E-state index contributed by atoms with van der Waals surface area (Å²) in [5.41, 5.74) is 5.71. The molecule has 1 atom stereocenters. The topological polar surface area (TPSA) is 59.1 Å². The zero-order chi connectivity index (χ0) is 13.9. The van der Waals surface area contributed by atoms with Crippen LogP contribution in [0, 0.1) is 18.3 Å². The number of hydrogen-bond donors (Lipinski definition) is 2. The van der Waals surface area contributed by atoms with Gasteiger partial charge in [-0.1, -0.05) is 17.7 Å². The molecule has 7 heteroatoms. The quantitative estimate of drug-likeness (QED) is 0.657. The molecule has 1 rings (SSSR count). The molecule has 18 heavy (non-hydrogen) atoms. The molecule has 0 radical (unpaired) electrons. The molecule has 0 aliphatic carbocycles.